The summed E-state index contributed by atoms with van der Waals surface area (Å²) in [5.74, 6) is -2.11. The molecule has 1 aliphatic heterocycles. The van der Waals surface area contributed by atoms with E-state index < -0.39 is 23.8 Å². The number of anilines is 1. The van der Waals surface area contributed by atoms with Gasteiger partial charge in [-0.25, -0.2) is 9.69 Å². The number of hydrogen-bond acceptors (Lipinski definition) is 4. The predicted octanol–water partition coefficient (Wildman–Crippen LogP) is 1.85. The van der Waals surface area contributed by atoms with Gasteiger partial charge >= 0.3 is 6.03 Å². The Hall–Kier alpha value is -2.63. The van der Waals surface area contributed by atoms with Crippen molar-refractivity contribution in [1.29, 1.82) is 0 Å². The number of carbonyl (C=O) groups excluding carboxylic acids is 3. The molecule has 1 saturated heterocycles. The van der Waals surface area contributed by atoms with Crippen LogP contribution in [-0.4, -0.2) is 23.9 Å². The van der Waals surface area contributed by atoms with Crippen LogP contribution in [0.25, 0.3) is 0 Å². The summed E-state index contributed by atoms with van der Waals surface area (Å²) in [6, 6.07) is 6.72. The van der Waals surface area contributed by atoms with E-state index in [9.17, 15) is 14.4 Å². The fraction of sp³-hybridized carbons (Fsp3) is 0.353. The van der Waals surface area contributed by atoms with Crippen LogP contribution in [0, 0.1) is 12.8 Å². The molecule has 0 spiro atoms. The summed E-state index contributed by atoms with van der Waals surface area (Å²) in [5.41, 5.74) is 1.84. The Labute approximate surface area is 134 Å². The van der Waals surface area contributed by atoms with Crippen molar-refractivity contribution in [2.24, 2.45) is 5.92 Å². The Morgan fingerprint density at radius 2 is 1.96 bits per heavy atom. The second kappa shape index (κ2) is 5.87. The lowest BCUT2D eigenvalue weighted by molar-refractivity contribution is -0.132. The molecule has 2 aliphatic rings. The Balaban J connectivity index is 1.95. The maximum Gasteiger partial charge on any atom is 0.335 e. The number of nitrogens with zero attached hydrogens (tertiary/aromatic N) is 1. The van der Waals surface area contributed by atoms with Gasteiger partial charge in [-0.05, 0) is 38.3 Å². The SMILES string of the molecule is C/C=C(/NC1CC1)[C@H]1C(=O)NC(=O)N(c2ccccc2C)C1=O. The maximum absolute atomic E-state index is 12.9. The lowest BCUT2D eigenvalue weighted by Crippen LogP contribution is -2.59. The van der Waals surface area contributed by atoms with E-state index >= 15 is 0 Å². The minimum absolute atomic E-state index is 0.311. The number of urea groups is 1. The number of nitrogens with one attached hydrogen (secondary N) is 2. The largest absolute Gasteiger partial charge is 0.385 e. The summed E-state index contributed by atoms with van der Waals surface area (Å²) in [6.45, 7) is 3.60. The van der Waals surface area contributed by atoms with Crippen LogP contribution in [0.15, 0.2) is 36.0 Å². The number of hydrogen-bond donors (Lipinski definition) is 2. The zero-order chi connectivity index (χ0) is 16.6. The first-order chi connectivity index (χ1) is 11.0. The quantitative estimate of drug-likeness (QED) is 0.832. The molecular formula is C17H19N3O3. The summed E-state index contributed by atoms with van der Waals surface area (Å²) < 4.78 is 0. The highest BCUT2D eigenvalue weighted by Crippen LogP contribution is 2.28. The van der Waals surface area contributed by atoms with Crippen molar-refractivity contribution in [3.05, 3.63) is 41.6 Å². The molecule has 120 valence electrons. The van der Waals surface area contributed by atoms with E-state index in [1.54, 1.807) is 25.1 Å². The van der Waals surface area contributed by atoms with Gasteiger partial charge in [0.2, 0.25) is 5.91 Å². The molecule has 0 bridgehead atoms. The number of carbonyl (C=O) groups is 3. The number of barbiturate groups is 1. The zero-order valence-corrected chi connectivity index (χ0v) is 13.1. The van der Waals surface area contributed by atoms with E-state index in [-0.39, 0.29) is 0 Å². The van der Waals surface area contributed by atoms with Crippen LogP contribution in [0.3, 0.4) is 0 Å². The fourth-order valence-corrected chi connectivity index (χ4v) is 2.69. The third kappa shape index (κ3) is 2.84. The van der Waals surface area contributed by atoms with Crippen LogP contribution in [0.1, 0.15) is 25.3 Å². The van der Waals surface area contributed by atoms with Gasteiger partial charge in [-0.3, -0.25) is 14.9 Å². The summed E-state index contributed by atoms with van der Waals surface area (Å²) in [7, 11) is 0. The topological polar surface area (TPSA) is 78.5 Å². The van der Waals surface area contributed by atoms with E-state index in [2.05, 4.69) is 10.6 Å². The van der Waals surface area contributed by atoms with Crippen molar-refractivity contribution in [3.8, 4) is 0 Å². The molecule has 1 heterocycles. The smallest absolute Gasteiger partial charge is 0.335 e. The lowest BCUT2D eigenvalue weighted by Gasteiger charge is -2.32. The average molecular weight is 313 g/mol. The van der Waals surface area contributed by atoms with Crippen molar-refractivity contribution in [2.45, 2.75) is 32.7 Å². The Kier molecular flexibility index (Phi) is 3.90. The van der Waals surface area contributed by atoms with Crippen LogP contribution in [0.5, 0.6) is 0 Å². The Morgan fingerprint density at radius 1 is 1.26 bits per heavy atom. The first kappa shape index (κ1) is 15.3. The third-order valence-corrected chi connectivity index (χ3v) is 4.09. The highest BCUT2D eigenvalue weighted by molar-refractivity contribution is 6.29. The number of aryl methyl sites for hydroxylation is 1. The van der Waals surface area contributed by atoms with E-state index in [0.29, 0.717) is 17.4 Å². The molecule has 0 radical (unpaired) electrons. The van der Waals surface area contributed by atoms with Crippen molar-refractivity contribution >= 4 is 23.5 Å². The number of rotatable bonds is 4. The molecule has 23 heavy (non-hydrogen) atoms. The molecule has 1 atom stereocenters. The summed E-state index contributed by atoms with van der Waals surface area (Å²) in [4.78, 5) is 38.3. The van der Waals surface area contributed by atoms with Crippen molar-refractivity contribution in [3.63, 3.8) is 0 Å². The van der Waals surface area contributed by atoms with E-state index in [1.165, 1.54) is 0 Å². The van der Waals surface area contributed by atoms with Gasteiger partial charge in [0, 0.05) is 11.7 Å². The molecule has 3 rings (SSSR count). The molecule has 6 nitrogen and oxygen atoms in total. The second-order valence-electron chi connectivity index (χ2n) is 5.85. The second-order valence-corrected chi connectivity index (χ2v) is 5.85. The van der Waals surface area contributed by atoms with Gasteiger partial charge in [0.15, 0.2) is 5.92 Å². The molecule has 6 heteroatoms. The highest BCUT2D eigenvalue weighted by atomic mass is 16.2. The van der Waals surface area contributed by atoms with Gasteiger partial charge in [-0.1, -0.05) is 24.3 Å². The first-order valence-corrected chi connectivity index (χ1v) is 7.70. The van der Waals surface area contributed by atoms with Crippen LogP contribution >= 0.6 is 0 Å². The standard InChI is InChI=1S/C17H19N3O3/c1-3-12(18-11-8-9-11)14-15(21)19-17(23)20(16(14)22)13-7-5-4-6-10(13)2/h3-7,11,14,18H,8-9H2,1-2H3,(H,19,21,23)/b12-3+/t14-/m0/s1. The highest BCUT2D eigenvalue weighted by Gasteiger charge is 2.44. The van der Waals surface area contributed by atoms with E-state index in [1.807, 2.05) is 19.1 Å². The number of para-hydroxylation sites is 1. The van der Waals surface area contributed by atoms with Crippen LogP contribution in [0.2, 0.25) is 0 Å². The van der Waals surface area contributed by atoms with E-state index in [0.717, 1.165) is 23.3 Å². The summed E-state index contributed by atoms with van der Waals surface area (Å²) in [5, 5.41) is 5.50. The van der Waals surface area contributed by atoms with Crippen molar-refractivity contribution in [2.75, 3.05) is 4.90 Å². The number of allylic oxidation sites excluding steroid dienone is 1. The molecule has 1 aliphatic carbocycles. The van der Waals surface area contributed by atoms with Gasteiger partial charge in [0.05, 0.1) is 5.69 Å². The number of imide groups is 2. The molecule has 4 amide bonds. The molecule has 1 saturated carbocycles. The van der Waals surface area contributed by atoms with Crippen LogP contribution in [0.4, 0.5) is 10.5 Å². The zero-order valence-electron chi connectivity index (χ0n) is 13.1. The predicted molar refractivity (Wildman–Crippen MR) is 85.6 cm³/mol. The third-order valence-electron chi connectivity index (χ3n) is 4.09. The van der Waals surface area contributed by atoms with Crippen LogP contribution in [-0.2, 0) is 9.59 Å². The number of benzene rings is 1. The van der Waals surface area contributed by atoms with Gasteiger partial charge in [0.25, 0.3) is 5.91 Å². The summed E-state index contributed by atoms with van der Waals surface area (Å²) >= 11 is 0. The normalized spacial score (nSPS) is 22.2. The fourth-order valence-electron chi connectivity index (χ4n) is 2.69. The Morgan fingerprint density at radius 3 is 2.57 bits per heavy atom. The summed E-state index contributed by atoms with van der Waals surface area (Å²) in [6.07, 6.45) is 3.78. The minimum atomic E-state index is -1.02. The monoisotopic (exact) mass is 313 g/mol. The Bertz CT molecular complexity index is 707. The molecule has 0 aromatic heterocycles. The molecule has 0 unspecified atom stereocenters. The minimum Gasteiger partial charge on any atom is -0.385 e. The van der Waals surface area contributed by atoms with Gasteiger partial charge in [0.1, 0.15) is 0 Å². The molecule has 1 aromatic rings. The molecule has 2 fully saturated rings. The maximum atomic E-state index is 12.9. The van der Waals surface area contributed by atoms with Crippen molar-refractivity contribution < 1.29 is 14.4 Å². The van der Waals surface area contributed by atoms with E-state index in [4.69, 9.17) is 0 Å². The average Bonchev–Trinajstić information content (AvgIpc) is 3.31. The first-order valence-electron chi connectivity index (χ1n) is 7.70. The van der Waals surface area contributed by atoms with Gasteiger partial charge < -0.3 is 5.32 Å². The van der Waals surface area contributed by atoms with Gasteiger partial charge in [-0.2, -0.15) is 0 Å². The van der Waals surface area contributed by atoms with Crippen molar-refractivity contribution in [1.82, 2.24) is 10.6 Å². The van der Waals surface area contributed by atoms with Gasteiger partial charge in [-0.15, -0.1) is 0 Å². The molecular weight excluding hydrogens is 294 g/mol. The lowest BCUT2D eigenvalue weighted by atomic mass is 9.99. The molecule has 2 N–H and O–H groups in total. The number of amides is 4. The van der Waals surface area contributed by atoms with Crippen LogP contribution < -0.4 is 15.5 Å². The molecule has 1 aromatic carbocycles.